The Kier molecular flexibility index (Phi) is 4.63. The summed E-state index contributed by atoms with van der Waals surface area (Å²) in [5.74, 6) is 0.408. The lowest BCUT2D eigenvalue weighted by molar-refractivity contribution is -0.130. The molecule has 2 heterocycles. The number of sulfonamides is 1. The molecule has 3 rings (SSSR count). The van der Waals surface area contributed by atoms with Crippen LogP contribution in [0.4, 0.5) is 5.69 Å². The van der Waals surface area contributed by atoms with Crippen LogP contribution in [0.25, 0.3) is 0 Å². The van der Waals surface area contributed by atoms with Crippen LogP contribution in [0.15, 0.2) is 52.2 Å². The molecule has 0 radical (unpaired) electrons. The van der Waals surface area contributed by atoms with Crippen molar-refractivity contribution in [3.63, 3.8) is 0 Å². The third kappa shape index (κ3) is 3.58. The third-order valence-corrected chi connectivity index (χ3v) is 5.28. The maximum absolute atomic E-state index is 12.0. The lowest BCUT2D eigenvalue weighted by atomic mass is 10.0. The van der Waals surface area contributed by atoms with E-state index in [1.54, 1.807) is 49.6 Å². The highest BCUT2D eigenvalue weighted by atomic mass is 32.2. The van der Waals surface area contributed by atoms with Crippen LogP contribution in [0.5, 0.6) is 0 Å². The van der Waals surface area contributed by atoms with Crippen molar-refractivity contribution in [1.29, 1.82) is 0 Å². The number of carbonyl (C=O) groups excluding carboxylic acids is 1. The van der Waals surface area contributed by atoms with Gasteiger partial charge in [-0.2, -0.15) is 5.10 Å². The summed E-state index contributed by atoms with van der Waals surface area (Å²) in [5, 5.41) is 5.79. The Morgan fingerprint density at radius 2 is 2.08 bits per heavy atom. The van der Waals surface area contributed by atoms with E-state index in [9.17, 15) is 13.2 Å². The molecule has 1 N–H and O–H groups in total. The second-order valence-electron chi connectivity index (χ2n) is 5.70. The van der Waals surface area contributed by atoms with Crippen LogP contribution < -0.4 is 4.72 Å². The number of hydrazone groups is 1. The van der Waals surface area contributed by atoms with Gasteiger partial charge in [-0.15, -0.1) is 0 Å². The first-order valence-electron chi connectivity index (χ1n) is 7.92. The Morgan fingerprint density at radius 1 is 1.32 bits per heavy atom. The molecule has 2 aromatic rings. The highest BCUT2D eigenvalue weighted by Crippen LogP contribution is 2.34. The van der Waals surface area contributed by atoms with Crippen LogP contribution in [0.1, 0.15) is 37.6 Å². The molecule has 1 aromatic carbocycles. The third-order valence-electron chi connectivity index (χ3n) is 3.99. The SMILES string of the molecule is CCS(=O)(=O)Nc1ccccc1C1=NN(C(C)=O)[C@@H](c2ccco2)C1. The quantitative estimate of drug-likeness (QED) is 0.886. The van der Waals surface area contributed by atoms with Gasteiger partial charge in [-0.25, -0.2) is 13.4 Å². The molecule has 0 saturated heterocycles. The Bertz CT molecular complexity index is 904. The fourth-order valence-corrected chi connectivity index (χ4v) is 3.39. The predicted octanol–water partition coefficient (Wildman–Crippen LogP) is 2.74. The largest absolute Gasteiger partial charge is 0.467 e. The second-order valence-corrected chi connectivity index (χ2v) is 7.71. The highest BCUT2D eigenvalue weighted by molar-refractivity contribution is 7.92. The number of para-hydroxylation sites is 1. The molecule has 7 nitrogen and oxygen atoms in total. The molecule has 0 spiro atoms. The molecule has 0 fully saturated rings. The minimum absolute atomic E-state index is 0.0254. The molecular formula is C17H19N3O4S. The van der Waals surface area contributed by atoms with Crippen LogP contribution in [-0.2, 0) is 14.8 Å². The number of anilines is 1. The summed E-state index contributed by atoms with van der Waals surface area (Å²) in [6, 6.07) is 10.2. The van der Waals surface area contributed by atoms with Crippen molar-refractivity contribution in [1.82, 2.24) is 5.01 Å². The van der Waals surface area contributed by atoms with Crippen molar-refractivity contribution in [2.75, 3.05) is 10.5 Å². The van der Waals surface area contributed by atoms with Gasteiger partial charge in [0.1, 0.15) is 11.8 Å². The summed E-state index contributed by atoms with van der Waals surface area (Å²) in [6.07, 6.45) is 1.99. The van der Waals surface area contributed by atoms with Gasteiger partial charge in [0.15, 0.2) is 0 Å². The Morgan fingerprint density at radius 3 is 2.72 bits per heavy atom. The maximum Gasteiger partial charge on any atom is 0.240 e. The fraction of sp³-hybridized carbons (Fsp3) is 0.294. The molecule has 1 amide bonds. The maximum atomic E-state index is 12.0. The Hall–Kier alpha value is -2.61. The molecule has 1 aromatic heterocycles. The molecule has 25 heavy (non-hydrogen) atoms. The predicted molar refractivity (Wildman–Crippen MR) is 94.6 cm³/mol. The summed E-state index contributed by atoms with van der Waals surface area (Å²) in [5.41, 5.74) is 1.73. The average molecular weight is 361 g/mol. The zero-order chi connectivity index (χ0) is 18.0. The number of carbonyl (C=O) groups is 1. The number of hydrogen-bond donors (Lipinski definition) is 1. The first kappa shape index (κ1) is 17.2. The van der Waals surface area contributed by atoms with Crippen molar-refractivity contribution in [3.8, 4) is 0 Å². The number of rotatable bonds is 5. The number of hydrogen-bond acceptors (Lipinski definition) is 5. The first-order chi connectivity index (χ1) is 11.9. The zero-order valence-corrected chi connectivity index (χ0v) is 14.8. The smallest absolute Gasteiger partial charge is 0.240 e. The summed E-state index contributed by atoms with van der Waals surface area (Å²) in [6.45, 7) is 3.01. The minimum atomic E-state index is -3.42. The molecule has 0 bridgehead atoms. The van der Waals surface area contributed by atoms with Gasteiger partial charge in [0.2, 0.25) is 15.9 Å². The molecule has 132 valence electrons. The van der Waals surface area contributed by atoms with Gasteiger partial charge in [-0.3, -0.25) is 9.52 Å². The van der Waals surface area contributed by atoms with Gasteiger partial charge < -0.3 is 4.42 Å². The molecule has 1 aliphatic heterocycles. The van der Waals surface area contributed by atoms with E-state index in [0.717, 1.165) is 0 Å². The number of amides is 1. The van der Waals surface area contributed by atoms with E-state index >= 15 is 0 Å². The number of benzene rings is 1. The summed E-state index contributed by atoms with van der Waals surface area (Å²) < 4.78 is 31.9. The summed E-state index contributed by atoms with van der Waals surface area (Å²) in [4.78, 5) is 12.0. The van der Waals surface area contributed by atoms with E-state index < -0.39 is 10.0 Å². The standard InChI is InChI=1S/C17H19N3O4S/c1-3-25(22,23)19-14-8-5-4-7-13(14)15-11-16(17-9-6-10-24-17)20(18-15)12(2)21/h4-10,16,19H,3,11H2,1-2H3/t16-/m1/s1. The fourth-order valence-electron chi connectivity index (χ4n) is 2.73. The molecular weight excluding hydrogens is 342 g/mol. The van der Waals surface area contributed by atoms with Crippen molar-refractivity contribution in [2.24, 2.45) is 5.10 Å². The molecule has 1 atom stereocenters. The molecule has 0 saturated carbocycles. The van der Waals surface area contributed by atoms with Gasteiger partial charge in [0.25, 0.3) is 0 Å². The minimum Gasteiger partial charge on any atom is -0.467 e. The Balaban J connectivity index is 1.97. The van der Waals surface area contributed by atoms with Gasteiger partial charge in [-0.1, -0.05) is 18.2 Å². The average Bonchev–Trinajstić information content (AvgIpc) is 3.24. The molecule has 1 aliphatic rings. The van der Waals surface area contributed by atoms with Crippen molar-refractivity contribution < 1.29 is 17.6 Å². The van der Waals surface area contributed by atoms with Gasteiger partial charge in [0, 0.05) is 18.9 Å². The normalized spacial score (nSPS) is 17.4. The topological polar surface area (TPSA) is 92.0 Å². The highest BCUT2D eigenvalue weighted by Gasteiger charge is 2.34. The van der Waals surface area contributed by atoms with Gasteiger partial charge in [-0.05, 0) is 25.1 Å². The van der Waals surface area contributed by atoms with Crippen molar-refractivity contribution >= 4 is 27.3 Å². The van der Waals surface area contributed by atoms with E-state index in [1.165, 1.54) is 11.9 Å². The van der Waals surface area contributed by atoms with E-state index in [-0.39, 0.29) is 17.7 Å². The van der Waals surface area contributed by atoms with E-state index in [0.29, 0.717) is 29.1 Å². The number of nitrogens with zero attached hydrogens (tertiary/aromatic N) is 2. The van der Waals surface area contributed by atoms with E-state index in [2.05, 4.69) is 9.82 Å². The van der Waals surface area contributed by atoms with Crippen molar-refractivity contribution in [3.05, 3.63) is 54.0 Å². The molecule has 8 heteroatoms. The summed E-state index contributed by atoms with van der Waals surface area (Å²) >= 11 is 0. The zero-order valence-electron chi connectivity index (χ0n) is 14.0. The van der Waals surface area contributed by atoms with Crippen LogP contribution in [0.3, 0.4) is 0 Å². The summed E-state index contributed by atoms with van der Waals surface area (Å²) in [7, 11) is -3.42. The number of furan rings is 1. The lowest BCUT2D eigenvalue weighted by Crippen LogP contribution is -2.23. The van der Waals surface area contributed by atoms with Crippen molar-refractivity contribution in [2.45, 2.75) is 26.3 Å². The lowest BCUT2D eigenvalue weighted by Gasteiger charge is -2.17. The van der Waals surface area contributed by atoms with Gasteiger partial charge >= 0.3 is 0 Å². The van der Waals surface area contributed by atoms with Crippen LogP contribution >= 0.6 is 0 Å². The van der Waals surface area contributed by atoms with Crippen LogP contribution in [0, 0.1) is 0 Å². The first-order valence-corrected chi connectivity index (χ1v) is 9.57. The molecule has 0 unspecified atom stereocenters. The Labute approximate surface area is 146 Å². The monoisotopic (exact) mass is 361 g/mol. The van der Waals surface area contributed by atoms with E-state index in [1.807, 2.05) is 0 Å². The van der Waals surface area contributed by atoms with Crippen LogP contribution in [-0.4, -0.2) is 30.8 Å². The van der Waals surface area contributed by atoms with Crippen LogP contribution in [0.2, 0.25) is 0 Å². The number of nitrogens with one attached hydrogen (secondary N) is 1. The second kappa shape index (κ2) is 6.72. The van der Waals surface area contributed by atoms with Gasteiger partial charge in [0.05, 0.1) is 23.4 Å². The molecule has 0 aliphatic carbocycles. The van der Waals surface area contributed by atoms with E-state index in [4.69, 9.17) is 4.42 Å².